The van der Waals surface area contributed by atoms with Crippen LogP contribution in [0.25, 0.3) is 0 Å². The van der Waals surface area contributed by atoms with Gasteiger partial charge in [0.1, 0.15) is 0 Å². The van der Waals surface area contributed by atoms with Crippen LogP contribution in [0, 0.1) is 11.3 Å². The number of thiocarbonyl (C=S) groups is 1. The fourth-order valence-electron chi connectivity index (χ4n) is 2.76. The van der Waals surface area contributed by atoms with Gasteiger partial charge in [-0.25, -0.2) is 4.98 Å². The molecule has 0 saturated heterocycles. The Morgan fingerprint density at radius 1 is 1.22 bits per heavy atom. The molecule has 2 aromatic rings. The summed E-state index contributed by atoms with van der Waals surface area (Å²) in [5, 5.41) is 8.85. The molecule has 1 aromatic heterocycles. The maximum atomic E-state index is 13.4. The van der Waals surface area contributed by atoms with Crippen molar-refractivity contribution in [2.75, 3.05) is 16.3 Å². The number of rotatable bonds is 6. The lowest BCUT2D eigenvalue weighted by atomic mass is 10.1. The van der Waals surface area contributed by atoms with E-state index in [2.05, 4.69) is 9.72 Å². The number of alkyl halides is 5. The van der Waals surface area contributed by atoms with Crippen molar-refractivity contribution < 1.29 is 31.5 Å². The number of amides is 1. The number of nitriles is 1. The van der Waals surface area contributed by atoms with E-state index < -0.39 is 29.8 Å². The molecule has 170 valence electrons. The Labute approximate surface area is 185 Å². The molecule has 1 heterocycles. The predicted molar refractivity (Wildman–Crippen MR) is 110 cm³/mol. The largest absolute Gasteiger partial charge is 0.417 e. The highest BCUT2D eigenvalue weighted by Crippen LogP contribution is 2.35. The van der Waals surface area contributed by atoms with Crippen LogP contribution in [0.1, 0.15) is 31.4 Å². The van der Waals surface area contributed by atoms with Crippen LogP contribution in [0.3, 0.4) is 0 Å². The number of carbonyl (C=O) groups is 1. The van der Waals surface area contributed by atoms with Gasteiger partial charge in [0.25, 0.3) is 0 Å². The monoisotopic (exact) mass is 472 g/mol. The second kappa shape index (κ2) is 10.3. The second-order valence-corrected chi connectivity index (χ2v) is 6.55. The van der Waals surface area contributed by atoms with Crippen molar-refractivity contribution >= 4 is 34.6 Å². The first-order chi connectivity index (χ1) is 15.0. The number of benzene rings is 1. The van der Waals surface area contributed by atoms with E-state index in [-0.39, 0.29) is 29.6 Å². The number of pyridine rings is 1. The van der Waals surface area contributed by atoms with E-state index in [1.54, 1.807) is 6.92 Å². The Bertz CT molecular complexity index is 1020. The molecule has 12 heteroatoms. The minimum absolute atomic E-state index is 0.0710. The maximum Gasteiger partial charge on any atom is 0.417 e. The first kappa shape index (κ1) is 24.9. The summed E-state index contributed by atoms with van der Waals surface area (Å²) in [6.45, 7) is 0.310. The van der Waals surface area contributed by atoms with E-state index in [0.29, 0.717) is 11.8 Å². The van der Waals surface area contributed by atoms with Gasteiger partial charge in [-0.3, -0.25) is 9.69 Å². The molecule has 0 aliphatic rings. The van der Waals surface area contributed by atoms with Crippen LogP contribution in [0.2, 0.25) is 0 Å². The van der Waals surface area contributed by atoms with Gasteiger partial charge in [0, 0.05) is 19.0 Å². The van der Waals surface area contributed by atoms with Crippen LogP contribution in [0.5, 0.6) is 5.88 Å². The van der Waals surface area contributed by atoms with Gasteiger partial charge in [0.15, 0.2) is 5.11 Å². The fourth-order valence-corrected chi connectivity index (χ4v) is 3.21. The molecule has 0 N–H and O–H groups in total. The van der Waals surface area contributed by atoms with E-state index in [1.807, 2.05) is 0 Å². The Morgan fingerprint density at radius 2 is 1.88 bits per heavy atom. The van der Waals surface area contributed by atoms with Gasteiger partial charge >= 0.3 is 12.8 Å². The van der Waals surface area contributed by atoms with Gasteiger partial charge in [-0.05, 0) is 43.4 Å². The van der Waals surface area contributed by atoms with Crippen LogP contribution in [-0.2, 0) is 11.0 Å². The average Bonchev–Trinajstić information content (AvgIpc) is 2.74. The van der Waals surface area contributed by atoms with Gasteiger partial charge in [0.2, 0.25) is 11.8 Å². The summed E-state index contributed by atoms with van der Waals surface area (Å²) in [6, 6.07) is 6.86. The summed E-state index contributed by atoms with van der Waals surface area (Å²) in [5.74, 6) is -0.925. The standard InChI is InChI=1S/C20H17F5N4O2S/c1-3-17(30)29(13-6-5-12(10-26)15(9-13)20(23,24)25)19(32)28(4-2)14-7-8-16(27-11-14)31-18(21)22/h5-9,11,18H,3-4H2,1-2H3. The number of nitrogens with zero attached hydrogens (tertiary/aromatic N) is 4. The number of halogens is 5. The van der Waals surface area contributed by atoms with E-state index >= 15 is 0 Å². The minimum Gasteiger partial charge on any atom is -0.417 e. The van der Waals surface area contributed by atoms with Gasteiger partial charge < -0.3 is 9.64 Å². The molecule has 0 aliphatic heterocycles. The molecule has 32 heavy (non-hydrogen) atoms. The molecule has 0 spiro atoms. The third kappa shape index (κ3) is 5.67. The molecule has 0 radical (unpaired) electrons. The lowest BCUT2D eigenvalue weighted by Gasteiger charge is -2.32. The van der Waals surface area contributed by atoms with Crippen molar-refractivity contribution in [3.8, 4) is 11.9 Å². The van der Waals surface area contributed by atoms with E-state index in [0.717, 1.165) is 11.0 Å². The summed E-state index contributed by atoms with van der Waals surface area (Å²) in [6.07, 6.45) is -3.71. The van der Waals surface area contributed by atoms with Crippen molar-refractivity contribution in [2.24, 2.45) is 0 Å². The average molecular weight is 472 g/mol. The molecule has 6 nitrogen and oxygen atoms in total. The van der Waals surface area contributed by atoms with Gasteiger partial charge in [-0.1, -0.05) is 6.92 Å². The third-order valence-corrected chi connectivity index (χ3v) is 4.62. The van der Waals surface area contributed by atoms with Crippen molar-refractivity contribution in [3.63, 3.8) is 0 Å². The summed E-state index contributed by atoms with van der Waals surface area (Å²) in [5.41, 5.74) is -1.66. The lowest BCUT2D eigenvalue weighted by Crippen LogP contribution is -2.46. The quantitative estimate of drug-likeness (QED) is 0.429. The second-order valence-electron chi connectivity index (χ2n) is 6.18. The van der Waals surface area contributed by atoms with Crippen molar-refractivity contribution in [1.82, 2.24) is 4.98 Å². The molecule has 0 fully saturated rings. The SMILES string of the molecule is CCC(=O)N(C(=S)N(CC)c1ccc(OC(F)F)nc1)c1ccc(C#N)c(C(F)(F)F)c1. The Hall–Kier alpha value is -3.33. The van der Waals surface area contributed by atoms with Gasteiger partial charge in [0.05, 0.1) is 34.8 Å². The molecule has 1 amide bonds. The smallest absolute Gasteiger partial charge is 0.417 e. The number of anilines is 2. The highest BCUT2D eigenvalue weighted by molar-refractivity contribution is 7.81. The van der Waals surface area contributed by atoms with Crippen molar-refractivity contribution in [2.45, 2.75) is 33.1 Å². The van der Waals surface area contributed by atoms with Crippen molar-refractivity contribution in [3.05, 3.63) is 47.7 Å². The number of carbonyl (C=O) groups excluding carboxylic acids is 1. The Morgan fingerprint density at radius 3 is 2.34 bits per heavy atom. The normalized spacial score (nSPS) is 11.1. The zero-order valence-electron chi connectivity index (χ0n) is 16.9. The number of aromatic nitrogens is 1. The van der Waals surface area contributed by atoms with Crippen LogP contribution >= 0.6 is 12.2 Å². The van der Waals surface area contributed by atoms with Gasteiger partial charge in [-0.2, -0.15) is 27.2 Å². The van der Waals surface area contributed by atoms with Gasteiger partial charge in [-0.15, -0.1) is 0 Å². The Balaban J connectivity index is 2.50. The lowest BCUT2D eigenvalue weighted by molar-refractivity contribution is -0.137. The zero-order valence-corrected chi connectivity index (χ0v) is 17.7. The minimum atomic E-state index is -4.82. The maximum absolute atomic E-state index is 13.4. The zero-order chi connectivity index (χ0) is 24.1. The molecule has 0 aliphatic carbocycles. The van der Waals surface area contributed by atoms with Crippen LogP contribution in [-0.4, -0.2) is 29.2 Å². The number of hydrogen-bond acceptors (Lipinski definition) is 5. The van der Waals surface area contributed by atoms with E-state index in [1.165, 1.54) is 42.3 Å². The highest BCUT2D eigenvalue weighted by atomic mass is 32.1. The van der Waals surface area contributed by atoms with Crippen LogP contribution in [0.15, 0.2) is 36.5 Å². The topological polar surface area (TPSA) is 69.5 Å². The molecule has 0 atom stereocenters. The first-order valence-corrected chi connectivity index (χ1v) is 9.60. The van der Waals surface area contributed by atoms with E-state index in [9.17, 15) is 26.7 Å². The van der Waals surface area contributed by atoms with Crippen LogP contribution in [0.4, 0.5) is 33.3 Å². The van der Waals surface area contributed by atoms with Crippen molar-refractivity contribution in [1.29, 1.82) is 5.26 Å². The number of ether oxygens (including phenoxy) is 1. The molecule has 0 bridgehead atoms. The molecule has 1 aromatic carbocycles. The molecule has 2 rings (SSSR count). The summed E-state index contributed by atoms with van der Waals surface area (Å²) in [4.78, 5) is 18.7. The first-order valence-electron chi connectivity index (χ1n) is 9.20. The summed E-state index contributed by atoms with van der Waals surface area (Å²) < 4.78 is 69.1. The fraction of sp³-hybridized carbons (Fsp3) is 0.300. The van der Waals surface area contributed by atoms with E-state index in [4.69, 9.17) is 17.5 Å². The highest BCUT2D eigenvalue weighted by Gasteiger charge is 2.35. The molecule has 0 unspecified atom stereocenters. The number of hydrogen-bond donors (Lipinski definition) is 0. The Kier molecular flexibility index (Phi) is 8.04. The predicted octanol–water partition coefficient (Wildman–Crippen LogP) is 5.13. The summed E-state index contributed by atoms with van der Waals surface area (Å²) in [7, 11) is 0. The molecular weight excluding hydrogens is 455 g/mol. The van der Waals surface area contributed by atoms with Crippen LogP contribution < -0.4 is 14.5 Å². The third-order valence-electron chi connectivity index (χ3n) is 4.22. The molecular formula is C20H17F5N4O2S. The molecule has 0 saturated carbocycles. The summed E-state index contributed by atoms with van der Waals surface area (Å²) >= 11 is 5.41.